The van der Waals surface area contributed by atoms with E-state index >= 15 is 0 Å². The van der Waals surface area contributed by atoms with Gasteiger partial charge in [-0.3, -0.25) is 14.4 Å². The summed E-state index contributed by atoms with van der Waals surface area (Å²) < 4.78 is 11.9. The van der Waals surface area contributed by atoms with E-state index in [2.05, 4.69) is 5.32 Å². The van der Waals surface area contributed by atoms with Gasteiger partial charge in [0.05, 0.1) is 5.39 Å². The lowest BCUT2D eigenvalue weighted by Gasteiger charge is -2.13. The second-order valence-corrected chi connectivity index (χ2v) is 8.44. The molecule has 0 bridgehead atoms. The maximum Gasteiger partial charge on any atom is 0.235 e. The van der Waals surface area contributed by atoms with Crippen molar-refractivity contribution in [1.82, 2.24) is 0 Å². The van der Waals surface area contributed by atoms with Crippen molar-refractivity contribution in [3.63, 3.8) is 0 Å². The minimum absolute atomic E-state index is 0.0405. The molecule has 0 aliphatic carbocycles. The number of carbonyl (C=O) groups excluding carboxylic acids is 2. The third-order valence-corrected chi connectivity index (χ3v) is 5.70. The zero-order valence-electron chi connectivity index (χ0n) is 18.9. The number of fused-ring (bicyclic) bond motifs is 1. The van der Waals surface area contributed by atoms with Gasteiger partial charge in [0.1, 0.15) is 5.58 Å². The molecule has 4 aromatic rings. The second-order valence-electron chi connectivity index (χ2n) is 8.00. The van der Waals surface area contributed by atoms with Gasteiger partial charge in [-0.15, -0.1) is 0 Å². The van der Waals surface area contributed by atoms with Crippen LogP contribution >= 0.6 is 11.6 Å². The van der Waals surface area contributed by atoms with Crippen molar-refractivity contribution in [3.8, 4) is 17.1 Å². The predicted octanol–water partition coefficient (Wildman–Crippen LogP) is 5.95. The highest BCUT2D eigenvalue weighted by atomic mass is 35.5. The number of ketones is 1. The summed E-state index contributed by atoms with van der Waals surface area (Å²) in [6, 6.07) is 16.8. The highest BCUT2D eigenvalue weighted by Gasteiger charge is 2.20. The molecule has 6 nitrogen and oxygen atoms in total. The molecule has 0 radical (unpaired) electrons. The van der Waals surface area contributed by atoms with Crippen LogP contribution in [0.1, 0.15) is 28.4 Å². The first-order valence-electron chi connectivity index (χ1n) is 10.6. The van der Waals surface area contributed by atoms with E-state index in [1.807, 2.05) is 19.9 Å². The van der Waals surface area contributed by atoms with E-state index in [-0.39, 0.29) is 35.2 Å². The number of amides is 1. The summed E-state index contributed by atoms with van der Waals surface area (Å²) in [6.07, 6.45) is 0. The summed E-state index contributed by atoms with van der Waals surface area (Å²) >= 11 is 6.02. The van der Waals surface area contributed by atoms with Crippen molar-refractivity contribution < 1.29 is 18.7 Å². The molecular formula is C27H22ClNO5. The molecule has 0 atom stereocenters. The first kappa shape index (κ1) is 23.3. The average Bonchev–Trinajstić information content (AvgIpc) is 2.80. The molecule has 0 fully saturated rings. The Morgan fingerprint density at radius 3 is 2.26 bits per heavy atom. The van der Waals surface area contributed by atoms with Crippen LogP contribution < -0.4 is 15.5 Å². The van der Waals surface area contributed by atoms with Gasteiger partial charge in [-0.25, -0.2) is 0 Å². The van der Waals surface area contributed by atoms with Gasteiger partial charge in [-0.1, -0.05) is 11.6 Å². The molecule has 0 aliphatic rings. The van der Waals surface area contributed by atoms with Crippen LogP contribution in [-0.2, 0) is 4.79 Å². The molecule has 1 N–H and O–H groups in total. The molecule has 172 valence electrons. The molecule has 4 rings (SSSR count). The average molecular weight is 476 g/mol. The highest BCUT2D eigenvalue weighted by Crippen LogP contribution is 2.32. The number of carbonyl (C=O) groups is 2. The Morgan fingerprint density at radius 2 is 1.62 bits per heavy atom. The van der Waals surface area contributed by atoms with Crippen molar-refractivity contribution in [1.29, 1.82) is 0 Å². The summed E-state index contributed by atoms with van der Waals surface area (Å²) in [7, 11) is 0. The molecule has 34 heavy (non-hydrogen) atoms. The summed E-state index contributed by atoms with van der Waals surface area (Å²) in [4.78, 5) is 37.3. The molecule has 0 saturated heterocycles. The quantitative estimate of drug-likeness (QED) is 0.348. The van der Waals surface area contributed by atoms with Gasteiger partial charge in [-0.2, -0.15) is 0 Å². The maximum absolute atomic E-state index is 13.4. The van der Waals surface area contributed by atoms with Gasteiger partial charge >= 0.3 is 0 Å². The van der Waals surface area contributed by atoms with Crippen LogP contribution in [0, 0.1) is 13.8 Å². The van der Waals surface area contributed by atoms with Crippen molar-refractivity contribution in [2.24, 2.45) is 0 Å². The van der Waals surface area contributed by atoms with E-state index < -0.39 is 0 Å². The molecule has 0 spiro atoms. The Balaban J connectivity index is 1.71. The molecule has 7 heteroatoms. The number of ether oxygens (including phenoxy) is 1. The Hall–Kier alpha value is -3.90. The minimum Gasteiger partial charge on any atom is -0.478 e. The molecule has 0 aliphatic heterocycles. The van der Waals surface area contributed by atoms with Gasteiger partial charge in [0.25, 0.3) is 0 Å². The lowest BCUT2D eigenvalue weighted by atomic mass is 10.0. The number of nitrogens with one attached hydrogen (secondary N) is 1. The zero-order chi connectivity index (χ0) is 24.4. The van der Waals surface area contributed by atoms with Gasteiger partial charge < -0.3 is 14.5 Å². The molecule has 1 aromatic heterocycles. The third kappa shape index (κ3) is 4.87. The molecule has 3 aromatic carbocycles. The fourth-order valence-corrected chi connectivity index (χ4v) is 3.65. The van der Waals surface area contributed by atoms with Crippen LogP contribution in [0.3, 0.4) is 0 Å². The summed E-state index contributed by atoms with van der Waals surface area (Å²) in [5.74, 6) is -0.339. The number of aryl methyl sites for hydroxylation is 2. The fraction of sp³-hybridized carbons (Fsp3) is 0.148. The third-order valence-electron chi connectivity index (χ3n) is 5.45. The van der Waals surface area contributed by atoms with E-state index in [4.69, 9.17) is 20.8 Å². The van der Waals surface area contributed by atoms with Gasteiger partial charge in [0.15, 0.2) is 18.2 Å². The monoisotopic (exact) mass is 475 g/mol. The number of hydrogen-bond acceptors (Lipinski definition) is 5. The number of anilines is 1. The van der Waals surface area contributed by atoms with Crippen molar-refractivity contribution in [3.05, 3.63) is 92.6 Å². The van der Waals surface area contributed by atoms with Crippen LogP contribution in [0.15, 0.2) is 69.9 Å². The van der Waals surface area contributed by atoms with Crippen LogP contribution in [0.25, 0.3) is 22.3 Å². The zero-order valence-corrected chi connectivity index (χ0v) is 19.7. The summed E-state index contributed by atoms with van der Waals surface area (Å²) in [5, 5.41) is 3.56. The second kappa shape index (κ2) is 9.53. The van der Waals surface area contributed by atoms with E-state index in [0.717, 1.165) is 11.1 Å². The van der Waals surface area contributed by atoms with Crippen LogP contribution in [-0.4, -0.2) is 18.3 Å². The van der Waals surface area contributed by atoms with Gasteiger partial charge in [0, 0.05) is 28.8 Å². The topological polar surface area (TPSA) is 85.6 Å². The smallest absolute Gasteiger partial charge is 0.235 e. The minimum atomic E-state index is -0.360. The Bertz CT molecular complexity index is 1450. The van der Waals surface area contributed by atoms with Crippen LogP contribution in [0.5, 0.6) is 5.75 Å². The Morgan fingerprint density at radius 1 is 0.971 bits per heavy atom. The molecule has 1 amide bonds. The number of halogens is 1. The van der Waals surface area contributed by atoms with E-state index in [0.29, 0.717) is 32.8 Å². The maximum atomic E-state index is 13.4. The predicted molar refractivity (Wildman–Crippen MR) is 133 cm³/mol. The summed E-state index contributed by atoms with van der Waals surface area (Å²) in [5.41, 5.74) is 3.58. The van der Waals surface area contributed by atoms with Crippen LogP contribution in [0.2, 0.25) is 5.02 Å². The lowest BCUT2D eigenvalue weighted by molar-refractivity contribution is -0.114. The largest absolute Gasteiger partial charge is 0.478 e. The van der Waals surface area contributed by atoms with Gasteiger partial charge in [0.2, 0.25) is 17.1 Å². The normalized spacial score (nSPS) is 10.8. The first-order valence-corrected chi connectivity index (χ1v) is 11.0. The molecule has 1 heterocycles. The highest BCUT2D eigenvalue weighted by molar-refractivity contribution is 6.30. The fourth-order valence-electron chi connectivity index (χ4n) is 3.52. The van der Waals surface area contributed by atoms with Crippen molar-refractivity contribution in [2.45, 2.75) is 20.8 Å². The lowest BCUT2D eigenvalue weighted by Crippen LogP contribution is -2.17. The standard InChI is InChI=1S/C27H22ClNO5/c1-15-12-22-24(13-16(15)2)34-26(19-4-8-20(28)9-5-19)27(25(22)32)33-14-23(31)18-6-10-21(11-7-18)29-17(3)30/h4-13H,14H2,1-3H3,(H,29,30). The SMILES string of the molecule is CC(=O)Nc1ccc(C(=O)COc2c(-c3ccc(Cl)cc3)oc3cc(C)c(C)cc3c2=O)cc1. The Labute approximate surface area is 201 Å². The molecular weight excluding hydrogens is 454 g/mol. The van der Waals surface area contributed by atoms with Gasteiger partial charge in [-0.05, 0) is 85.6 Å². The number of benzene rings is 3. The first-order chi connectivity index (χ1) is 16.2. The van der Waals surface area contributed by atoms with Crippen LogP contribution in [0.4, 0.5) is 5.69 Å². The summed E-state index contributed by atoms with van der Waals surface area (Å²) in [6.45, 7) is 4.90. The Kier molecular flexibility index (Phi) is 6.52. The van der Waals surface area contributed by atoms with Crippen molar-refractivity contribution in [2.75, 3.05) is 11.9 Å². The van der Waals surface area contributed by atoms with E-state index in [1.165, 1.54) is 6.92 Å². The molecule has 0 unspecified atom stereocenters. The number of hydrogen-bond donors (Lipinski definition) is 1. The van der Waals surface area contributed by atoms with E-state index in [9.17, 15) is 14.4 Å². The number of rotatable bonds is 6. The number of Topliss-reactive ketones (excluding diaryl/α,β-unsaturated/α-hetero) is 1. The van der Waals surface area contributed by atoms with Crippen molar-refractivity contribution >= 4 is 39.9 Å². The molecule has 0 saturated carbocycles. The van der Waals surface area contributed by atoms with E-state index in [1.54, 1.807) is 54.6 Å².